The Kier molecular flexibility index (Phi) is 2.85. The Labute approximate surface area is 97.1 Å². The number of hydrogen-bond donors (Lipinski definition) is 2. The van der Waals surface area contributed by atoms with Gasteiger partial charge < -0.3 is 20.5 Å². The zero-order valence-corrected chi connectivity index (χ0v) is 9.70. The number of carbonyl (C=O) groups excluding carboxylic acids is 1. The Morgan fingerprint density at radius 3 is 3.06 bits per heavy atom. The van der Waals surface area contributed by atoms with Crippen molar-refractivity contribution in [3.63, 3.8) is 0 Å². The first-order valence-electron chi connectivity index (χ1n) is 4.92. The largest absolute Gasteiger partial charge is 0.481 e. The minimum Gasteiger partial charge on any atom is -0.481 e. The van der Waals surface area contributed by atoms with E-state index in [2.05, 4.69) is 0 Å². The van der Waals surface area contributed by atoms with E-state index in [1.54, 1.807) is 0 Å². The van der Waals surface area contributed by atoms with Crippen LogP contribution in [0.5, 0.6) is 0 Å². The summed E-state index contributed by atoms with van der Waals surface area (Å²) in [7, 11) is 1.46. The molecule has 1 amide bonds. The molecule has 0 aromatic heterocycles. The zero-order chi connectivity index (χ0) is 11.9. The van der Waals surface area contributed by atoms with Gasteiger partial charge in [-0.3, -0.25) is 9.59 Å². The molecule has 2 aliphatic rings. The van der Waals surface area contributed by atoms with Crippen LogP contribution in [0.3, 0.4) is 0 Å². The molecule has 2 rings (SSSR count). The van der Waals surface area contributed by atoms with Gasteiger partial charge in [0.25, 0.3) is 0 Å². The summed E-state index contributed by atoms with van der Waals surface area (Å²) in [5.74, 6) is -0.661. The number of nitrogens with two attached hydrogens (primary N) is 1. The zero-order valence-electron chi connectivity index (χ0n) is 8.88. The monoisotopic (exact) mass is 246 g/mol. The third-order valence-corrected chi connectivity index (χ3v) is 4.67. The second-order valence-corrected chi connectivity index (χ2v) is 5.32. The molecule has 0 bridgehead atoms. The van der Waals surface area contributed by atoms with Crippen molar-refractivity contribution >= 4 is 23.6 Å². The molecular formula is C9H14N2O4S. The average Bonchev–Trinajstić information content (AvgIpc) is 2.28. The van der Waals surface area contributed by atoms with Crippen LogP contribution in [0.2, 0.25) is 0 Å². The highest BCUT2D eigenvalue weighted by Gasteiger charge is 2.55. The maximum Gasteiger partial charge on any atom is 0.314 e. The van der Waals surface area contributed by atoms with Crippen LogP contribution in [0.25, 0.3) is 0 Å². The van der Waals surface area contributed by atoms with E-state index >= 15 is 0 Å². The SMILES string of the molecule is COCC1(C(=O)O)CS[C@@H]2C(N)C(=O)N2C1. The number of fused-ring (bicyclic) bond motifs is 1. The Morgan fingerprint density at radius 1 is 1.81 bits per heavy atom. The number of amides is 1. The first kappa shape index (κ1) is 11.7. The molecule has 2 fully saturated rings. The van der Waals surface area contributed by atoms with E-state index < -0.39 is 17.4 Å². The Hall–Kier alpha value is -0.790. The molecule has 2 aliphatic heterocycles. The second kappa shape index (κ2) is 3.90. The number of nitrogens with zero attached hydrogens (tertiary/aromatic N) is 1. The molecule has 3 N–H and O–H groups in total. The number of thioether (sulfide) groups is 1. The molecule has 0 aliphatic carbocycles. The lowest BCUT2D eigenvalue weighted by Gasteiger charge is -2.52. The summed E-state index contributed by atoms with van der Waals surface area (Å²) in [5.41, 5.74) is 4.63. The number of carboxylic acids is 1. The third-order valence-electron chi connectivity index (χ3n) is 3.06. The average molecular weight is 246 g/mol. The molecule has 7 heteroatoms. The van der Waals surface area contributed by atoms with E-state index in [1.165, 1.54) is 23.8 Å². The fourth-order valence-corrected chi connectivity index (χ4v) is 3.55. The number of carbonyl (C=O) groups is 2. The lowest BCUT2D eigenvalue weighted by atomic mass is 9.88. The molecular weight excluding hydrogens is 232 g/mol. The Bertz CT molecular complexity index is 337. The first-order chi connectivity index (χ1) is 7.52. The van der Waals surface area contributed by atoms with E-state index in [-0.39, 0.29) is 24.4 Å². The number of aliphatic carboxylic acids is 1. The fraction of sp³-hybridized carbons (Fsp3) is 0.778. The van der Waals surface area contributed by atoms with E-state index in [1.807, 2.05) is 0 Å². The van der Waals surface area contributed by atoms with E-state index in [4.69, 9.17) is 10.5 Å². The minimum atomic E-state index is -0.994. The second-order valence-electron chi connectivity index (χ2n) is 4.21. The quantitative estimate of drug-likeness (QED) is 0.617. The van der Waals surface area contributed by atoms with Crippen LogP contribution in [0.4, 0.5) is 0 Å². The molecule has 2 saturated heterocycles. The highest BCUT2D eigenvalue weighted by Crippen LogP contribution is 2.41. The molecule has 16 heavy (non-hydrogen) atoms. The molecule has 3 atom stereocenters. The molecule has 0 radical (unpaired) electrons. The predicted octanol–water partition coefficient (Wildman–Crippen LogP) is -1.05. The third kappa shape index (κ3) is 1.50. The van der Waals surface area contributed by atoms with Crippen LogP contribution in [0.15, 0.2) is 0 Å². The number of methoxy groups -OCH3 is 1. The lowest BCUT2D eigenvalue weighted by Crippen LogP contribution is -2.72. The van der Waals surface area contributed by atoms with Crippen molar-refractivity contribution in [2.45, 2.75) is 11.4 Å². The smallest absolute Gasteiger partial charge is 0.314 e. The Balaban J connectivity index is 2.14. The van der Waals surface area contributed by atoms with Gasteiger partial charge in [0.1, 0.15) is 16.8 Å². The van der Waals surface area contributed by atoms with Gasteiger partial charge in [0.05, 0.1) is 6.61 Å². The van der Waals surface area contributed by atoms with Crippen LogP contribution in [-0.4, -0.2) is 59.3 Å². The fourth-order valence-electron chi connectivity index (χ4n) is 2.08. The Morgan fingerprint density at radius 2 is 2.50 bits per heavy atom. The van der Waals surface area contributed by atoms with Crippen molar-refractivity contribution in [1.29, 1.82) is 0 Å². The maximum absolute atomic E-state index is 11.5. The topological polar surface area (TPSA) is 92.9 Å². The van der Waals surface area contributed by atoms with Crippen molar-refractivity contribution in [3.05, 3.63) is 0 Å². The highest BCUT2D eigenvalue weighted by atomic mass is 32.2. The number of carboxylic acid groups (broad SMARTS) is 1. The molecule has 0 saturated carbocycles. The predicted molar refractivity (Wildman–Crippen MR) is 57.9 cm³/mol. The van der Waals surface area contributed by atoms with Crippen LogP contribution in [0.1, 0.15) is 0 Å². The summed E-state index contributed by atoms with van der Waals surface area (Å²) in [6.07, 6.45) is 0. The molecule has 0 spiro atoms. The summed E-state index contributed by atoms with van der Waals surface area (Å²) in [6.45, 7) is 0.307. The van der Waals surface area contributed by atoms with Gasteiger partial charge in [0.2, 0.25) is 5.91 Å². The van der Waals surface area contributed by atoms with E-state index in [0.29, 0.717) is 5.75 Å². The number of hydrogen-bond acceptors (Lipinski definition) is 5. The summed E-state index contributed by atoms with van der Waals surface area (Å²) < 4.78 is 4.95. The van der Waals surface area contributed by atoms with Gasteiger partial charge in [-0.25, -0.2) is 0 Å². The minimum absolute atomic E-state index is 0.0585. The van der Waals surface area contributed by atoms with Crippen LogP contribution in [0, 0.1) is 5.41 Å². The molecule has 2 heterocycles. The lowest BCUT2D eigenvalue weighted by molar-refractivity contribution is -0.159. The van der Waals surface area contributed by atoms with E-state index in [0.717, 1.165) is 0 Å². The van der Waals surface area contributed by atoms with Crippen molar-refractivity contribution in [2.24, 2.45) is 11.1 Å². The standard InChI is InChI=1S/C9H14N2O4S/c1-15-3-9(8(13)14)2-11-6(12)5(10)7(11)16-4-9/h5,7H,2-4,10H2,1H3,(H,13,14)/t5?,7-,9?/m1/s1. The van der Waals surface area contributed by atoms with E-state index in [9.17, 15) is 14.7 Å². The van der Waals surface area contributed by atoms with Gasteiger partial charge in [0.15, 0.2) is 0 Å². The molecule has 90 valence electrons. The van der Waals surface area contributed by atoms with Gasteiger partial charge in [-0.15, -0.1) is 11.8 Å². The van der Waals surface area contributed by atoms with Crippen LogP contribution in [-0.2, 0) is 14.3 Å². The van der Waals surface area contributed by atoms with Gasteiger partial charge in [-0.2, -0.15) is 0 Å². The van der Waals surface area contributed by atoms with Crippen LogP contribution >= 0.6 is 11.8 Å². The van der Waals surface area contributed by atoms with Gasteiger partial charge >= 0.3 is 5.97 Å². The van der Waals surface area contributed by atoms with Gasteiger partial charge in [0, 0.05) is 19.4 Å². The van der Waals surface area contributed by atoms with Crippen molar-refractivity contribution < 1.29 is 19.4 Å². The normalized spacial score (nSPS) is 37.9. The summed E-state index contributed by atoms with van der Waals surface area (Å²) in [5, 5.41) is 9.18. The molecule has 6 nitrogen and oxygen atoms in total. The van der Waals surface area contributed by atoms with Gasteiger partial charge in [-0.05, 0) is 0 Å². The molecule has 0 aromatic rings. The summed E-state index contributed by atoms with van der Waals surface area (Å²) in [4.78, 5) is 24.3. The molecule has 0 aromatic carbocycles. The maximum atomic E-state index is 11.5. The first-order valence-corrected chi connectivity index (χ1v) is 5.97. The highest BCUT2D eigenvalue weighted by molar-refractivity contribution is 8.00. The van der Waals surface area contributed by atoms with Gasteiger partial charge in [-0.1, -0.05) is 0 Å². The van der Waals surface area contributed by atoms with Crippen molar-refractivity contribution in [1.82, 2.24) is 4.90 Å². The van der Waals surface area contributed by atoms with Crippen molar-refractivity contribution in [2.75, 3.05) is 26.0 Å². The molecule has 2 unspecified atom stereocenters. The summed E-state index contributed by atoms with van der Waals surface area (Å²) >= 11 is 1.42. The van der Waals surface area contributed by atoms with Crippen LogP contribution < -0.4 is 5.73 Å². The number of ether oxygens (including phenoxy) is 1. The number of β-lactam (4-membered cyclic amide) rings is 1. The number of rotatable bonds is 3. The summed E-state index contributed by atoms with van der Waals surface area (Å²) in [6, 6.07) is -0.473. The van der Waals surface area contributed by atoms with Crippen molar-refractivity contribution in [3.8, 4) is 0 Å².